The first-order valence-electron chi connectivity index (χ1n) is 11.8. The van der Waals surface area contributed by atoms with Crippen LogP contribution in [0.1, 0.15) is 26.3 Å². The van der Waals surface area contributed by atoms with Crippen LogP contribution in [0.25, 0.3) is 0 Å². The van der Waals surface area contributed by atoms with Crippen LogP contribution in [0.5, 0.6) is 23.0 Å². The van der Waals surface area contributed by atoms with Gasteiger partial charge in [0.2, 0.25) is 10.0 Å². The number of rotatable bonds is 12. The van der Waals surface area contributed by atoms with Crippen LogP contribution in [0.3, 0.4) is 0 Å². The predicted octanol–water partition coefficient (Wildman–Crippen LogP) is 4.58. The van der Waals surface area contributed by atoms with Gasteiger partial charge in [-0.3, -0.25) is 9.10 Å². The smallest absolute Gasteiger partial charge is 0.263 e. The molecule has 0 aliphatic rings. The van der Waals surface area contributed by atoms with E-state index in [1.165, 1.54) is 13.1 Å². The maximum Gasteiger partial charge on any atom is 0.263 e. The Kier molecular flexibility index (Phi) is 9.51. The van der Waals surface area contributed by atoms with Gasteiger partial charge < -0.3 is 14.2 Å². The largest absolute Gasteiger partial charge is 0.490 e. The maximum absolute atomic E-state index is 12.8. The molecule has 37 heavy (non-hydrogen) atoms. The van der Waals surface area contributed by atoms with E-state index in [0.29, 0.717) is 47.5 Å². The molecule has 0 fully saturated rings. The van der Waals surface area contributed by atoms with Crippen LogP contribution < -0.4 is 23.9 Å². The topological polar surface area (TPSA) is 107 Å². The Morgan fingerprint density at radius 3 is 2.19 bits per heavy atom. The Hall–Kier alpha value is -4.05. The first-order chi connectivity index (χ1) is 17.7. The number of carbonyl (C=O) groups excluding carboxylic acids is 1. The molecule has 0 spiro atoms. The SMILES string of the molecule is CCOc1ccc(/C=N\NC(=O)[C@H](C)N(c2ccc(Oc3ccccc3)cc2)S(C)(=O)=O)cc1OCC. The minimum atomic E-state index is -3.78. The number of anilines is 1. The summed E-state index contributed by atoms with van der Waals surface area (Å²) in [5.74, 6) is 1.77. The lowest BCUT2D eigenvalue weighted by atomic mass is 10.2. The molecule has 0 aliphatic heterocycles. The molecule has 0 saturated heterocycles. The molecule has 3 aromatic carbocycles. The van der Waals surface area contributed by atoms with Gasteiger partial charge in [-0.1, -0.05) is 18.2 Å². The fraction of sp³-hybridized carbons (Fsp3) is 0.259. The molecule has 3 rings (SSSR count). The van der Waals surface area contributed by atoms with Gasteiger partial charge in [-0.15, -0.1) is 0 Å². The molecule has 1 N–H and O–H groups in total. The molecular weight excluding hydrogens is 494 g/mol. The lowest BCUT2D eigenvalue weighted by molar-refractivity contribution is -0.121. The highest BCUT2D eigenvalue weighted by Gasteiger charge is 2.29. The number of nitrogens with one attached hydrogen (secondary N) is 1. The standard InChI is InChI=1S/C27H31N3O6S/c1-5-34-25-17-12-21(18-26(25)35-6-2)19-28-29-27(31)20(3)30(37(4,32)33)22-13-15-24(16-14-22)36-23-10-8-7-9-11-23/h7-20H,5-6H2,1-4H3,(H,29,31)/b28-19-/t20-/m0/s1. The number of hydrogen-bond donors (Lipinski definition) is 1. The number of para-hydroxylation sites is 1. The van der Waals surface area contributed by atoms with Gasteiger partial charge in [0, 0.05) is 0 Å². The second-order valence-electron chi connectivity index (χ2n) is 7.95. The summed E-state index contributed by atoms with van der Waals surface area (Å²) in [5.41, 5.74) is 3.41. The van der Waals surface area contributed by atoms with Gasteiger partial charge in [-0.2, -0.15) is 5.10 Å². The van der Waals surface area contributed by atoms with Gasteiger partial charge in [0.05, 0.1) is 31.4 Å². The van der Waals surface area contributed by atoms with Crippen molar-refractivity contribution in [3.05, 3.63) is 78.4 Å². The summed E-state index contributed by atoms with van der Waals surface area (Å²) < 4.78 is 43.1. The van der Waals surface area contributed by atoms with Gasteiger partial charge >= 0.3 is 0 Å². The van der Waals surface area contributed by atoms with E-state index in [4.69, 9.17) is 14.2 Å². The van der Waals surface area contributed by atoms with Crippen molar-refractivity contribution >= 4 is 27.8 Å². The molecular formula is C27H31N3O6S. The molecule has 9 nitrogen and oxygen atoms in total. The van der Waals surface area contributed by atoms with E-state index in [9.17, 15) is 13.2 Å². The van der Waals surface area contributed by atoms with Crippen molar-refractivity contribution < 1.29 is 27.4 Å². The van der Waals surface area contributed by atoms with Crippen LogP contribution in [0.15, 0.2) is 77.9 Å². The van der Waals surface area contributed by atoms with Gasteiger partial charge in [0.1, 0.15) is 17.5 Å². The van der Waals surface area contributed by atoms with Gasteiger partial charge in [0.15, 0.2) is 11.5 Å². The van der Waals surface area contributed by atoms with Crippen LogP contribution in [-0.2, 0) is 14.8 Å². The van der Waals surface area contributed by atoms with Gasteiger partial charge in [-0.05, 0) is 80.9 Å². The molecule has 0 saturated carbocycles. The Labute approximate surface area is 217 Å². The van der Waals surface area contributed by atoms with Gasteiger partial charge in [-0.25, -0.2) is 13.8 Å². The number of hydrogen-bond acceptors (Lipinski definition) is 7. The van der Waals surface area contributed by atoms with Crippen LogP contribution in [0, 0.1) is 0 Å². The minimum Gasteiger partial charge on any atom is -0.490 e. The lowest BCUT2D eigenvalue weighted by Crippen LogP contribution is -2.46. The Bertz CT molecular complexity index is 1310. The van der Waals surface area contributed by atoms with E-state index in [1.54, 1.807) is 42.5 Å². The van der Waals surface area contributed by atoms with Crippen molar-refractivity contribution in [2.45, 2.75) is 26.8 Å². The second kappa shape index (κ2) is 12.8. The average molecular weight is 526 g/mol. The summed E-state index contributed by atoms with van der Waals surface area (Å²) in [5, 5.41) is 4.00. The zero-order chi connectivity index (χ0) is 26.8. The average Bonchev–Trinajstić information content (AvgIpc) is 2.86. The third-order valence-corrected chi connectivity index (χ3v) is 6.36. The van der Waals surface area contributed by atoms with E-state index in [-0.39, 0.29) is 0 Å². The number of amides is 1. The molecule has 0 aliphatic carbocycles. The number of carbonyl (C=O) groups is 1. The highest BCUT2D eigenvalue weighted by atomic mass is 32.2. The zero-order valence-electron chi connectivity index (χ0n) is 21.2. The lowest BCUT2D eigenvalue weighted by Gasteiger charge is -2.27. The van der Waals surface area contributed by atoms with Crippen LogP contribution in [0.2, 0.25) is 0 Å². The zero-order valence-corrected chi connectivity index (χ0v) is 22.1. The Morgan fingerprint density at radius 2 is 1.57 bits per heavy atom. The highest BCUT2D eigenvalue weighted by molar-refractivity contribution is 7.92. The number of benzene rings is 3. The van der Waals surface area contributed by atoms with Gasteiger partial charge in [0.25, 0.3) is 5.91 Å². The second-order valence-corrected chi connectivity index (χ2v) is 9.81. The predicted molar refractivity (Wildman–Crippen MR) is 144 cm³/mol. The van der Waals surface area contributed by atoms with Crippen molar-refractivity contribution in [3.63, 3.8) is 0 Å². The van der Waals surface area contributed by atoms with Crippen molar-refractivity contribution in [1.82, 2.24) is 5.43 Å². The van der Waals surface area contributed by atoms with Crippen molar-refractivity contribution in [3.8, 4) is 23.0 Å². The summed E-state index contributed by atoms with van der Waals surface area (Å²) in [6.45, 7) is 6.21. The van der Waals surface area contributed by atoms with Crippen molar-refractivity contribution in [1.29, 1.82) is 0 Å². The molecule has 1 atom stereocenters. The van der Waals surface area contributed by atoms with Crippen molar-refractivity contribution in [2.24, 2.45) is 5.10 Å². The third-order valence-electron chi connectivity index (χ3n) is 5.11. The Morgan fingerprint density at radius 1 is 0.946 bits per heavy atom. The van der Waals surface area contributed by atoms with Crippen LogP contribution in [0.4, 0.5) is 5.69 Å². The van der Waals surface area contributed by atoms with Crippen LogP contribution in [-0.4, -0.2) is 46.1 Å². The van der Waals surface area contributed by atoms with Crippen LogP contribution >= 0.6 is 0 Å². The highest BCUT2D eigenvalue weighted by Crippen LogP contribution is 2.28. The van der Waals surface area contributed by atoms with E-state index >= 15 is 0 Å². The molecule has 0 aromatic heterocycles. The summed E-state index contributed by atoms with van der Waals surface area (Å²) in [6.07, 6.45) is 2.49. The molecule has 3 aromatic rings. The molecule has 0 bridgehead atoms. The van der Waals surface area contributed by atoms with E-state index in [2.05, 4.69) is 10.5 Å². The monoisotopic (exact) mass is 525 g/mol. The molecule has 0 heterocycles. The number of hydrazone groups is 1. The molecule has 0 radical (unpaired) electrons. The van der Waals surface area contributed by atoms with E-state index in [0.717, 1.165) is 10.6 Å². The molecule has 1 amide bonds. The quantitative estimate of drug-likeness (QED) is 0.274. The third kappa shape index (κ3) is 7.71. The Balaban J connectivity index is 1.71. The molecule has 196 valence electrons. The summed E-state index contributed by atoms with van der Waals surface area (Å²) in [6, 6.07) is 19.9. The molecule has 10 heteroatoms. The van der Waals surface area contributed by atoms with Crippen molar-refractivity contribution in [2.75, 3.05) is 23.8 Å². The van der Waals surface area contributed by atoms with E-state index in [1.807, 2.05) is 44.2 Å². The maximum atomic E-state index is 12.8. The number of sulfonamides is 1. The summed E-state index contributed by atoms with van der Waals surface area (Å²) in [7, 11) is -3.78. The fourth-order valence-electron chi connectivity index (χ4n) is 3.51. The number of ether oxygens (including phenoxy) is 3. The fourth-order valence-corrected chi connectivity index (χ4v) is 4.68. The van der Waals surface area contributed by atoms with E-state index < -0.39 is 22.0 Å². The summed E-state index contributed by atoms with van der Waals surface area (Å²) >= 11 is 0. The first kappa shape index (κ1) is 27.5. The summed E-state index contributed by atoms with van der Waals surface area (Å²) in [4.78, 5) is 12.8. The minimum absolute atomic E-state index is 0.322. The molecule has 0 unspecified atom stereocenters. The normalized spacial score (nSPS) is 12.1. The first-order valence-corrected chi connectivity index (χ1v) is 13.6. The number of nitrogens with zero attached hydrogens (tertiary/aromatic N) is 2.